The van der Waals surface area contributed by atoms with Crippen molar-refractivity contribution in [3.63, 3.8) is 0 Å². The number of ether oxygens (including phenoxy) is 2. The molecule has 0 radical (unpaired) electrons. The fraction of sp³-hybridized carbons (Fsp3) is 0.500. The molecule has 0 aliphatic carbocycles. The minimum absolute atomic E-state index is 0.0260. The zero-order chi connectivity index (χ0) is 26.4. The number of hydrogen-bond acceptors (Lipinski definition) is 7. The highest BCUT2D eigenvalue weighted by Crippen LogP contribution is 2.42. The molecule has 2 fully saturated rings. The number of rotatable bonds is 10. The average molecular weight is 513 g/mol. The minimum atomic E-state index is -0.922. The number of nitrogens with one attached hydrogen (secondary N) is 1. The van der Waals surface area contributed by atoms with Crippen LogP contribution in [0, 0.1) is 5.92 Å². The molecule has 37 heavy (non-hydrogen) atoms. The van der Waals surface area contributed by atoms with E-state index in [-0.39, 0.29) is 56.0 Å². The van der Waals surface area contributed by atoms with Crippen LogP contribution in [0.1, 0.15) is 61.7 Å². The first-order chi connectivity index (χ1) is 17.8. The van der Waals surface area contributed by atoms with Crippen LogP contribution in [0.2, 0.25) is 0 Å². The van der Waals surface area contributed by atoms with Gasteiger partial charge in [-0.05, 0) is 36.1 Å². The van der Waals surface area contributed by atoms with Crippen molar-refractivity contribution in [3.05, 3.63) is 65.2 Å². The number of nitrogens with zero attached hydrogens (tertiary/aromatic N) is 1. The number of benzene rings is 2. The predicted octanol–water partition coefficient (Wildman–Crippen LogP) is 3.23. The third kappa shape index (κ3) is 7.37. The second-order valence-corrected chi connectivity index (χ2v) is 9.94. The number of hydrogen-bond donors (Lipinski definition) is 4. The van der Waals surface area contributed by atoms with E-state index in [1.807, 2.05) is 42.5 Å². The van der Waals surface area contributed by atoms with Crippen LogP contribution in [0.5, 0.6) is 0 Å². The van der Waals surface area contributed by atoms with E-state index in [0.717, 1.165) is 29.7 Å². The smallest absolute Gasteiger partial charge is 0.303 e. The molecule has 2 saturated heterocycles. The molecule has 5 atom stereocenters. The summed E-state index contributed by atoms with van der Waals surface area (Å²) in [6.07, 6.45) is -0.285. The van der Waals surface area contributed by atoms with Gasteiger partial charge in [0.05, 0.1) is 24.9 Å². The second kappa shape index (κ2) is 12.6. The van der Waals surface area contributed by atoms with Crippen molar-refractivity contribution >= 4 is 17.6 Å². The number of likely N-dealkylation sites (tertiary alicyclic amines) is 1. The highest BCUT2D eigenvalue weighted by atomic mass is 16.7. The Bertz CT molecular complexity index is 1060. The maximum absolute atomic E-state index is 12.3. The molecular weight excluding hydrogens is 476 g/mol. The quantitative estimate of drug-likeness (QED) is 0.382. The van der Waals surface area contributed by atoms with Gasteiger partial charge in [0.1, 0.15) is 0 Å². The molecule has 4 N–H and O–H groups in total. The number of β-amino-alcohol motifs (C(OH)–C–C–N with tert-alkyl or cyclic N) is 1. The first kappa shape index (κ1) is 27.2. The number of aliphatic hydroxyl groups is 2. The fourth-order valence-corrected chi connectivity index (χ4v) is 4.95. The zero-order valence-corrected chi connectivity index (χ0v) is 21.1. The third-order valence-corrected chi connectivity index (χ3v) is 7.05. The molecule has 2 aliphatic heterocycles. The molecule has 1 amide bonds. The summed E-state index contributed by atoms with van der Waals surface area (Å²) in [6, 6.07) is 15.0. The van der Waals surface area contributed by atoms with Crippen molar-refractivity contribution in [1.29, 1.82) is 0 Å². The van der Waals surface area contributed by atoms with E-state index in [2.05, 4.69) is 17.1 Å². The van der Waals surface area contributed by atoms with Crippen molar-refractivity contribution in [3.8, 4) is 0 Å². The fourth-order valence-electron chi connectivity index (χ4n) is 4.95. The molecule has 4 rings (SSSR count). The van der Waals surface area contributed by atoms with Crippen LogP contribution in [0.4, 0.5) is 5.69 Å². The summed E-state index contributed by atoms with van der Waals surface area (Å²) >= 11 is 0. The van der Waals surface area contributed by atoms with Gasteiger partial charge in [-0.15, -0.1) is 0 Å². The van der Waals surface area contributed by atoms with E-state index in [1.165, 1.54) is 0 Å². The van der Waals surface area contributed by atoms with Crippen LogP contribution >= 0.6 is 0 Å². The number of amides is 1. The molecule has 0 saturated carbocycles. The summed E-state index contributed by atoms with van der Waals surface area (Å²) in [6.45, 7) is 4.19. The maximum Gasteiger partial charge on any atom is 0.303 e. The van der Waals surface area contributed by atoms with Gasteiger partial charge in [-0.2, -0.15) is 0 Å². The first-order valence-corrected chi connectivity index (χ1v) is 12.8. The van der Waals surface area contributed by atoms with Gasteiger partial charge in [-0.3, -0.25) is 14.5 Å². The Morgan fingerprint density at radius 3 is 2.54 bits per heavy atom. The lowest BCUT2D eigenvalue weighted by Gasteiger charge is -2.42. The van der Waals surface area contributed by atoms with E-state index >= 15 is 0 Å². The van der Waals surface area contributed by atoms with Gasteiger partial charge in [0.2, 0.25) is 5.91 Å². The van der Waals surface area contributed by atoms with Crippen LogP contribution in [0.15, 0.2) is 48.5 Å². The van der Waals surface area contributed by atoms with E-state index < -0.39 is 12.3 Å². The molecule has 0 aromatic heterocycles. The number of aliphatic carboxylic acids is 1. The summed E-state index contributed by atoms with van der Waals surface area (Å²) in [5, 5.41) is 31.0. The van der Waals surface area contributed by atoms with Crippen LogP contribution in [0.3, 0.4) is 0 Å². The molecule has 9 heteroatoms. The molecule has 2 heterocycles. The molecule has 0 spiro atoms. The molecule has 0 bridgehead atoms. The molecular formula is C28H36N2O7. The van der Waals surface area contributed by atoms with Gasteiger partial charge < -0.3 is 30.1 Å². The standard InChI is InChI=1S/C28H36N2O7/c1-18-24(16-30-13-12-23(32)15-30)36-28(37-27(18)20-10-8-19(17-31)9-11-20)21-4-2-5-22(14-21)29-25(33)6-3-7-26(34)35/h2,4-5,8-11,14,18,23-24,27-28,31-32H,3,6-7,12-13,15-17H2,1H3,(H,29,33)(H,34,35)/t18-,23-,24+,27+,28+/m0/s1. The minimum Gasteiger partial charge on any atom is -0.481 e. The Balaban J connectivity index is 1.51. The van der Waals surface area contributed by atoms with E-state index in [9.17, 15) is 19.8 Å². The van der Waals surface area contributed by atoms with Crippen molar-refractivity contribution in [2.45, 2.75) is 63.8 Å². The monoisotopic (exact) mass is 512 g/mol. The summed E-state index contributed by atoms with van der Waals surface area (Å²) < 4.78 is 12.9. The summed E-state index contributed by atoms with van der Waals surface area (Å²) in [5.74, 6) is -1.13. The number of carbonyl (C=O) groups excluding carboxylic acids is 1. The largest absolute Gasteiger partial charge is 0.481 e. The number of anilines is 1. The molecule has 2 aromatic rings. The summed E-state index contributed by atoms with van der Waals surface area (Å²) in [5.41, 5.74) is 3.17. The lowest BCUT2D eigenvalue weighted by atomic mass is 9.90. The van der Waals surface area contributed by atoms with Gasteiger partial charge in [-0.1, -0.05) is 43.3 Å². The van der Waals surface area contributed by atoms with Gasteiger partial charge in [-0.25, -0.2) is 0 Å². The SMILES string of the molecule is C[C@H]1[C@@H](CN2CC[C@H](O)C2)O[C@@H](c2cccc(NC(=O)CCCC(=O)O)c2)O[C@H]1c1ccc(CO)cc1. The summed E-state index contributed by atoms with van der Waals surface area (Å²) in [7, 11) is 0. The average Bonchev–Trinajstić information content (AvgIpc) is 3.29. The van der Waals surface area contributed by atoms with Gasteiger partial charge in [0.25, 0.3) is 0 Å². The van der Waals surface area contributed by atoms with Crippen molar-refractivity contribution in [2.75, 3.05) is 25.0 Å². The number of carboxylic acid groups (broad SMARTS) is 1. The highest BCUT2D eigenvalue weighted by molar-refractivity contribution is 5.90. The number of carbonyl (C=O) groups is 2. The Hall–Kier alpha value is -2.82. The molecule has 200 valence electrons. The predicted molar refractivity (Wildman–Crippen MR) is 137 cm³/mol. The van der Waals surface area contributed by atoms with Crippen molar-refractivity contribution in [2.24, 2.45) is 5.92 Å². The summed E-state index contributed by atoms with van der Waals surface area (Å²) in [4.78, 5) is 25.2. The van der Waals surface area contributed by atoms with E-state index in [1.54, 1.807) is 6.07 Å². The second-order valence-electron chi connectivity index (χ2n) is 9.94. The Morgan fingerprint density at radius 1 is 1.08 bits per heavy atom. The lowest BCUT2D eigenvalue weighted by Crippen LogP contribution is -2.44. The van der Waals surface area contributed by atoms with E-state index in [0.29, 0.717) is 18.8 Å². The molecule has 0 unspecified atom stereocenters. The van der Waals surface area contributed by atoms with Gasteiger partial charge in [0.15, 0.2) is 6.29 Å². The Morgan fingerprint density at radius 2 is 1.86 bits per heavy atom. The molecule has 9 nitrogen and oxygen atoms in total. The van der Waals surface area contributed by atoms with Gasteiger partial charge in [0, 0.05) is 49.6 Å². The van der Waals surface area contributed by atoms with Crippen molar-refractivity contribution < 1.29 is 34.4 Å². The van der Waals surface area contributed by atoms with Gasteiger partial charge >= 0.3 is 5.97 Å². The third-order valence-electron chi connectivity index (χ3n) is 7.05. The van der Waals surface area contributed by atoms with E-state index in [4.69, 9.17) is 14.6 Å². The Labute approximate surface area is 217 Å². The zero-order valence-electron chi connectivity index (χ0n) is 21.1. The lowest BCUT2D eigenvalue weighted by molar-refractivity contribution is -0.276. The highest BCUT2D eigenvalue weighted by Gasteiger charge is 2.40. The maximum atomic E-state index is 12.3. The topological polar surface area (TPSA) is 129 Å². The molecule has 2 aromatic carbocycles. The van der Waals surface area contributed by atoms with Crippen LogP contribution in [-0.2, 0) is 25.7 Å². The number of carboxylic acids is 1. The first-order valence-electron chi connectivity index (χ1n) is 12.8. The van der Waals surface area contributed by atoms with Crippen LogP contribution < -0.4 is 5.32 Å². The van der Waals surface area contributed by atoms with Crippen molar-refractivity contribution in [1.82, 2.24) is 4.90 Å². The Kier molecular flexibility index (Phi) is 9.28. The normalized spacial score (nSPS) is 26.2. The van der Waals surface area contributed by atoms with Crippen LogP contribution in [0.25, 0.3) is 0 Å². The van der Waals surface area contributed by atoms with Crippen LogP contribution in [-0.4, -0.2) is 63.9 Å². The molecule has 2 aliphatic rings. The number of aliphatic hydroxyl groups excluding tert-OH is 2.